The van der Waals surface area contributed by atoms with E-state index in [2.05, 4.69) is 33.5 Å². The number of halogens is 1. The van der Waals surface area contributed by atoms with E-state index in [1.807, 2.05) is 0 Å². The van der Waals surface area contributed by atoms with Gasteiger partial charge >= 0.3 is 0 Å². The molecule has 24 heavy (non-hydrogen) atoms. The second-order valence-electron chi connectivity index (χ2n) is 7.09. The van der Waals surface area contributed by atoms with Crippen LogP contribution in [0, 0.1) is 35.5 Å². The number of imide groups is 1. The molecule has 1 N–H and O–H groups in total. The molecule has 0 radical (unpaired) electrons. The molecule has 3 amide bonds. The second kappa shape index (κ2) is 4.79. The molecule has 1 aliphatic heterocycles. The third kappa shape index (κ3) is 1.77. The number of carbonyl (C=O) groups excluding carboxylic acids is 3. The maximum absolute atomic E-state index is 12.8. The Morgan fingerprint density at radius 2 is 1.62 bits per heavy atom. The highest BCUT2D eigenvalue weighted by molar-refractivity contribution is 9.10. The van der Waals surface area contributed by atoms with E-state index in [0.717, 1.165) is 11.4 Å². The Morgan fingerprint density at radius 3 is 2.21 bits per heavy atom. The van der Waals surface area contributed by atoms with Crippen LogP contribution in [0.5, 0.6) is 0 Å². The van der Waals surface area contributed by atoms with Gasteiger partial charge in [-0.05, 0) is 58.2 Å². The van der Waals surface area contributed by atoms with Crippen molar-refractivity contribution in [2.45, 2.75) is 6.42 Å². The van der Waals surface area contributed by atoms with Gasteiger partial charge in [0, 0.05) is 4.47 Å². The summed E-state index contributed by atoms with van der Waals surface area (Å²) in [5.74, 6) is -0.127. The molecule has 6 heteroatoms. The van der Waals surface area contributed by atoms with Gasteiger partial charge in [0.1, 0.15) is 0 Å². The number of hydrogen-bond donors (Lipinski definition) is 1. The highest BCUT2D eigenvalue weighted by Gasteiger charge is 2.67. The topological polar surface area (TPSA) is 66.5 Å². The van der Waals surface area contributed by atoms with E-state index in [1.54, 1.807) is 24.3 Å². The van der Waals surface area contributed by atoms with Crippen LogP contribution in [0.15, 0.2) is 40.9 Å². The van der Waals surface area contributed by atoms with Crippen molar-refractivity contribution in [3.05, 3.63) is 46.5 Å². The highest BCUT2D eigenvalue weighted by Crippen LogP contribution is 2.65. The van der Waals surface area contributed by atoms with E-state index in [4.69, 9.17) is 0 Å². The Morgan fingerprint density at radius 1 is 1.04 bits per heavy atom. The first-order chi connectivity index (χ1) is 11.6. The molecule has 6 rings (SSSR count). The summed E-state index contributed by atoms with van der Waals surface area (Å²) in [6, 6.07) is 6.94. The first kappa shape index (κ1) is 14.4. The van der Waals surface area contributed by atoms with E-state index >= 15 is 0 Å². The Labute approximate surface area is 147 Å². The summed E-state index contributed by atoms with van der Waals surface area (Å²) < 4.78 is 0.627. The summed E-state index contributed by atoms with van der Waals surface area (Å²) in [5.41, 5.74) is 2.93. The van der Waals surface area contributed by atoms with Gasteiger partial charge in [0.2, 0.25) is 0 Å². The van der Waals surface area contributed by atoms with Crippen LogP contribution in [0.25, 0.3) is 0 Å². The Kier molecular flexibility index (Phi) is 2.87. The van der Waals surface area contributed by atoms with Crippen LogP contribution in [0.1, 0.15) is 16.8 Å². The lowest BCUT2D eigenvalue weighted by Crippen LogP contribution is -2.47. The minimum Gasteiger partial charge on any atom is -0.272 e. The molecular formula is C18H15BrN2O3. The van der Waals surface area contributed by atoms with Gasteiger partial charge in [0.05, 0.1) is 17.4 Å². The molecule has 2 bridgehead atoms. The van der Waals surface area contributed by atoms with Gasteiger partial charge in [0.15, 0.2) is 0 Å². The third-order valence-electron chi connectivity index (χ3n) is 5.99. The molecule has 1 aromatic carbocycles. The van der Waals surface area contributed by atoms with Gasteiger partial charge < -0.3 is 0 Å². The number of hydrazine groups is 1. The minimum atomic E-state index is -0.451. The first-order valence-electron chi connectivity index (χ1n) is 8.19. The first-order valence-corrected chi connectivity index (χ1v) is 8.99. The predicted octanol–water partition coefficient (Wildman–Crippen LogP) is 2.15. The second-order valence-corrected chi connectivity index (χ2v) is 7.94. The number of benzene rings is 1. The monoisotopic (exact) mass is 386 g/mol. The van der Waals surface area contributed by atoms with E-state index < -0.39 is 5.91 Å². The number of allylic oxidation sites excluding steroid dienone is 2. The molecule has 0 spiro atoms. The molecule has 6 unspecified atom stereocenters. The van der Waals surface area contributed by atoms with E-state index in [1.165, 1.54) is 0 Å². The molecule has 4 aliphatic carbocycles. The average molecular weight is 387 g/mol. The number of hydrogen-bond acceptors (Lipinski definition) is 3. The van der Waals surface area contributed by atoms with Crippen molar-refractivity contribution in [2.75, 3.05) is 0 Å². The van der Waals surface area contributed by atoms with Crippen molar-refractivity contribution in [3.63, 3.8) is 0 Å². The number of carbonyl (C=O) groups is 3. The molecular weight excluding hydrogens is 372 g/mol. The number of nitrogens with zero attached hydrogens (tertiary/aromatic N) is 1. The fourth-order valence-electron chi connectivity index (χ4n) is 4.87. The summed E-state index contributed by atoms with van der Waals surface area (Å²) in [4.78, 5) is 38.1. The fraction of sp³-hybridized carbons (Fsp3) is 0.389. The quantitative estimate of drug-likeness (QED) is 0.625. The van der Waals surface area contributed by atoms with Crippen molar-refractivity contribution >= 4 is 33.7 Å². The van der Waals surface area contributed by atoms with Crippen LogP contribution in [0.3, 0.4) is 0 Å². The molecule has 0 aromatic heterocycles. The minimum absolute atomic E-state index is 0.159. The van der Waals surface area contributed by atoms with E-state index in [-0.39, 0.29) is 35.5 Å². The molecule has 3 fully saturated rings. The van der Waals surface area contributed by atoms with Gasteiger partial charge in [-0.3, -0.25) is 19.8 Å². The lowest BCUT2D eigenvalue weighted by atomic mass is 9.63. The van der Waals surface area contributed by atoms with Crippen LogP contribution in [-0.4, -0.2) is 22.7 Å². The number of rotatable bonds is 2. The number of nitrogens with one attached hydrogen (secondary N) is 1. The van der Waals surface area contributed by atoms with Gasteiger partial charge in [0.25, 0.3) is 17.7 Å². The molecule has 1 aromatic rings. The van der Waals surface area contributed by atoms with Crippen molar-refractivity contribution in [3.8, 4) is 0 Å². The van der Waals surface area contributed by atoms with Crippen molar-refractivity contribution in [1.29, 1.82) is 0 Å². The van der Waals surface area contributed by atoms with Crippen LogP contribution in [0.2, 0.25) is 0 Å². The average Bonchev–Trinajstić information content (AvgIpc) is 3.36. The molecule has 6 atom stereocenters. The summed E-state index contributed by atoms with van der Waals surface area (Å²) in [6.45, 7) is 0. The van der Waals surface area contributed by atoms with Crippen LogP contribution < -0.4 is 5.43 Å². The maximum Gasteiger partial charge on any atom is 0.271 e. The van der Waals surface area contributed by atoms with Crippen molar-refractivity contribution in [1.82, 2.24) is 10.4 Å². The van der Waals surface area contributed by atoms with Gasteiger partial charge in [-0.25, -0.2) is 0 Å². The van der Waals surface area contributed by atoms with Gasteiger partial charge in [-0.2, -0.15) is 5.01 Å². The summed E-state index contributed by atoms with van der Waals surface area (Å²) in [5, 5.41) is 0.967. The Balaban J connectivity index is 1.43. The smallest absolute Gasteiger partial charge is 0.271 e. The Bertz CT molecular complexity index is 784. The van der Waals surface area contributed by atoms with E-state index in [9.17, 15) is 14.4 Å². The molecule has 122 valence electrons. The zero-order valence-corrected chi connectivity index (χ0v) is 14.3. The zero-order chi connectivity index (χ0) is 16.6. The molecule has 1 saturated heterocycles. The van der Waals surface area contributed by atoms with Crippen molar-refractivity contribution in [2.24, 2.45) is 35.5 Å². The Hall–Kier alpha value is -1.95. The fourth-order valence-corrected chi connectivity index (χ4v) is 5.34. The van der Waals surface area contributed by atoms with Gasteiger partial charge in [-0.1, -0.05) is 24.3 Å². The van der Waals surface area contributed by atoms with Crippen LogP contribution >= 0.6 is 15.9 Å². The lowest BCUT2D eigenvalue weighted by Gasteiger charge is -2.37. The maximum atomic E-state index is 12.8. The number of amides is 3. The summed E-state index contributed by atoms with van der Waals surface area (Å²) >= 11 is 3.32. The van der Waals surface area contributed by atoms with Crippen LogP contribution in [0.4, 0.5) is 0 Å². The SMILES string of the molecule is O=C(NN1C(=O)C2C3C=CC(C4CC34)C2C1=O)c1ccccc1Br. The van der Waals surface area contributed by atoms with Crippen molar-refractivity contribution < 1.29 is 14.4 Å². The standard InChI is InChI=1S/C18H15BrN2O3/c19-13-4-2-1-3-10(13)16(22)20-21-17(23)14-8-5-6-9(12-7-11(8)12)15(14)18(21)24/h1-6,8-9,11-12,14-15H,7H2,(H,20,22). The lowest BCUT2D eigenvalue weighted by molar-refractivity contribution is -0.143. The zero-order valence-electron chi connectivity index (χ0n) is 12.7. The van der Waals surface area contributed by atoms with Crippen LogP contribution in [-0.2, 0) is 9.59 Å². The highest BCUT2D eigenvalue weighted by atomic mass is 79.9. The molecule has 2 saturated carbocycles. The summed E-state index contributed by atoms with van der Waals surface area (Å²) in [6.07, 6.45) is 5.35. The largest absolute Gasteiger partial charge is 0.272 e. The third-order valence-corrected chi connectivity index (χ3v) is 6.69. The predicted molar refractivity (Wildman–Crippen MR) is 88.2 cm³/mol. The normalized spacial score (nSPS) is 38.1. The molecule has 5 aliphatic rings. The molecule has 1 heterocycles. The summed E-state index contributed by atoms with van der Waals surface area (Å²) in [7, 11) is 0. The van der Waals surface area contributed by atoms with Gasteiger partial charge in [-0.15, -0.1) is 0 Å². The van der Waals surface area contributed by atoms with E-state index in [0.29, 0.717) is 21.9 Å². The molecule has 5 nitrogen and oxygen atoms in total.